The summed E-state index contributed by atoms with van der Waals surface area (Å²) in [5, 5.41) is 18.3. The quantitative estimate of drug-likeness (QED) is 0.740. The highest BCUT2D eigenvalue weighted by Crippen LogP contribution is 2.32. The zero-order chi connectivity index (χ0) is 21.6. The molecule has 1 aliphatic rings. The number of nitriles is 1. The maximum Gasteiger partial charge on any atom is 0.301 e. The number of aliphatic hydroxyl groups excluding tert-OH is 1. The number of halogens is 2. The summed E-state index contributed by atoms with van der Waals surface area (Å²) >= 11 is 0. The lowest BCUT2D eigenvalue weighted by Crippen LogP contribution is -2.55. The summed E-state index contributed by atoms with van der Waals surface area (Å²) in [6.07, 6.45) is 1.95. The summed E-state index contributed by atoms with van der Waals surface area (Å²) in [4.78, 5) is 16.7. The predicted octanol–water partition coefficient (Wildman–Crippen LogP) is 3.06. The van der Waals surface area contributed by atoms with Crippen molar-refractivity contribution in [3.8, 4) is 11.8 Å². The fraction of sp³-hybridized carbons (Fsp3) is 0.381. The van der Waals surface area contributed by atoms with E-state index in [0.29, 0.717) is 17.0 Å². The van der Waals surface area contributed by atoms with Gasteiger partial charge in [-0.3, -0.25) is 9.79 Å². The molecular weight excluding hydrogens is 380 g/mol. The second kappa shape index (κ2) is 9.43. The molecule has 1 unspecified atom stereocenters. The van der Waals surface area contributed by atoms with Crippen molar-refractivity contribution in [1.29, 1.82) is 5.26 Å². The minimum Gasteiger partial charge on any atom is -0.483 e. The van der Waals surface area contributed by atoms with Crippen molar-refractivity contribution in [2.75, 3.05) is 19.7 Å². The lowest BCUT2D eigenvalue weighted by Gasteiger charge is -2.38. The Morgan fingerprint density at radius 1 is 1.55 bits per heavy atom. The van der Waals surface area contributed by atoms with Crippen LogP contribution in [0, 0.1) is 11.3 Å². The van der Waals surface area contributed by atoms with Crippen LogP contribution in [-0.4, -0.2) is 53.3 Å². The number of likely N-dealkylation sites (tertiary alicyclic amines) is 1. The van der Waals surface area contributed by atoms with Gasteiger partial charge in [-0.25, -0.2) is 8.78 Å². The van der Waals surface area contributed by atoms with Gasteiger partial charge in [-0.05, 0) is 38.1 Å². The van der Waals surface area contributed by atoms with Crippen LogP contribution in [0.15, 0.2) is 47.6 Å². The van der Waals surface area contributed by atoms with E-state index in [1.165, 1.54) is 12.1 Å². The lowest BCUT2D eigenvalue weighted by atomic mass is 10.0. The topological polar surface area (TPSA) is 85.9 Å². The summed E-state index contributed by atoms with van der Waals surface area (Å²) in [7, 11) is 0. The number of piperidine rings is 1. The number of aliphatic imine (C=N–C) groups is 1. The highest BCUT2D eigenvalue weighted by atomic mass is 19.3. The van der Waals surface area contributed by atoms with Gasteiger partial charge in [0, 0.05) is 24.2 Å². The van der Waals surface area contributed by atoms with Crippen LogP contribution in [0.2, 0.25) is 0 Å². The predicted molar refractivity (Wildman–Crippen MR) is 105 cm³/mol. The van der Waals surface area contributed by atoms with Gasteiger partial charge in [0.05, 0.1) is 17.8 Å². The molecule has 1 amide bonds. The summed E-state index contributed by atoms with van der Waals surface area (Å²) in [5.74, 6) is -4.03. The number of carbonyl (C=O) groups excluding carboxylic acids is 1. The zero-order valence-electron chi connectivity index (χ0n) is 16.4. The smallest absolute Gasteiger partial charge is 0.301 e. The Kier molecular flexibility index (Phi) is 7.23. The standard InChI is InChI=1S/C21H23F2N3O3/c1-4-5-17(25-14(2)3)15-6-7-18(16(10-15)11-24)29-19-8-9-26(20(28)12-27)13-21(19,22)23/h4-7,10,19,27H,2,8-9,12-13H2,1,3H3/b5-4-,25-17?. The average Bonchev–Trinajstić information content (AvgIpc) is 2.68. The molecule has 1 fully saturated rings. The number of alkyl halides is 2. The van der Waals surface area contributed by atoms with Crippen LogP contribution in [0.3, 0.4) is 0 Å². The largest absolute Gasteiger partial charge is 0.483 e. The Balaban J connectivity index is 2.27. The van der Waals surface area contributed by atoms with Crippen LogP contribution in [0.5, 0.6) is 5.75 Å². The van der Waals surface area contributed by atoms with Crippen LogP contribution in [0.4, 0.5) is 8.78 Å². The molecule has 0 spiro atoms. The highest BCUT2D eigenvalue weighted by Gasteiger charge is 2.47. The number of amides is 1. The molecule has 1 aliphatic heterocycles. The van der Waals surface area contributed by atoms with E-state index >= 15 is 0 Å². The lowest BCUT2D eigenvalue weighted by molar-refractivity contribution is -0.161. The average molecular weight is 403 g/mol. The molecule has 0 radical (unpaired) electrons. The van der Waals surface area contributed by atoms with Gasteiger partial charge in [-0.15, -0.1) is 0 Å². The number of aliphatic hydroxyl groups is 1. The highest BCUT2D eigenvalue weighted by molar-refractivity contribution is 6.09. The Labute approximate surface area is 168 Å². The van der Waals surface area contributed by atoms with E-state index in [4.69, 9.17) is 9.84 Å². The van der Waals surface area contributed by atoms with Crippen LogP contribution in [-0.2, 0) is 4.79 Å². The number of benzene rings is 1. The molecule has 0 aromatic heterocycles. The molecule has 2 rings (SSSR count). The first kappa shape index (κ1) is 22.2. The molecule has 154 valence electrons. The first-order valence-corrected chi connectivity index (χ1v) is 9.06. The molecule has 1 heterocycles. The number of allylic oxidation sites excluding steroid dienone is 3. The van der Waals surface area contributed by atoms with Gasteiger partial charge in [-0.1, -0.05) is 12.7 Å². The van der Waals surface area contributed by atoms with E-state index in [1.807, 2.05) is 13.0 Å². The van der Waals surface area contributed by atoms with Gasteiger partial charge >= 0.3 is 5.92 Å². The maximum absolute atomic E-state index is 14.5. The molecule has 6 nitrogen and oxygen atoms in total. The summed E-state index contributed by atoms with van der Waals surface area (Å²) < 4.78 is 34.4. The molecule has 0 saturated carbocycles. The molecule has 1 aromatic carbocycles. The second-order valence-electron chi connectivity index (χ2n) is 6.68. The van der Waals surface area contributed by atoms with Gasteiger partial charge in [0.25, 0.3) is 0 Å². The second-order valence-corrected chi connectivity index (χ2v) is 6.68. The Morgan fingerprint density at radius 2 is 2.28 bits per heavy atom. The fourth-order valence-corrected chi connectivity index (χ4v) is 2.97. The van der Waals surface area contributed by atoms with Gasteiger partial charge < -0.3 is 14.7 Å². The minimum atomic E-state index is -3.31. The third-order valence-corrected chi connectivity index (χ3v) is 4.32. The monoisotopic (exact) mass is 403 g/mol. The van der Waals surface area contributed by atoms with Crippen molar-refractivity contribution in [3.63, 3.8) is 0 Å². The van der Waals surface area contributed by atoms with E-state index in [-0.39, 0.29) is 24.3 Å². The minimum absolute atomic E-state index is 0.0380. The van der Waals surface area contributed by atoms with Crippen molar-refractivity contribution in [2.45, 2.75) is 32.3 Å². The van der Waals surface area contributed by atoms with Gasteiger partial charge in [0.2, 0.25) is 5.91 Å². The number of hydrogen-bond acceptors (Lipinski definition) is 5. The summed E-state index contributed by atoms with van der Waals surface area (Å²) in [5.41, 5.74) is 1.90. The molecule has 1 atom stereocenters. The molecular formula is C21H23F2N3O3. The first-order chi connectivity index (χ1) is 13.7. The first-order valence-electron chi connectivity index (χ1n) is 9.06. The van der Waals surface area contributed by atoms with Crippen molar-refractivity contribution in [2.24, 2.45) is 4.99 Å². The van der Waals surface area contributed by atoms with Crippen molar-refractivity contribution >= 4 is 11.6 Å². The molecule has 0 aliphatic carbocycles. The van der Waals surface area contributed by atoms with Gasteiger partial charge in [-0.2, -0.15) is 5.26 Å². The third-order valence-electron chi connectivity index (χ3n) is 4.32. The maximum atomic E-state index is 14.5. The third kappa shape index (κ3) is 5.48. The Bertz CT molecular complexity index is 888. The number of ether oxygens (including phenoxy) is 1. The molecule has 1 aromatic rings. The van der Waals surface area contributed by atoms with Gasteiger partial charge in [0.15, 0.2) is 6.10 Å². The Morgan fingerprint density at radius 3 is 2.83 bits per heavy atom. The number of rotatable bonds is 6. The van der Waals surface area contributed by atoms with E-state index in [2.05, 4.69) is 11.6 Å². The fourth-order valence-electron chi connectivity index (χ4n) is 2.97. The van der Waals surface area contributed by atoms with E-state index < -0.39 is 31.1 Å². The zero-order valence-corrected chi connectivity index (χ0v) is 16.4. The van der Waals surface area contributed by atoms with E-state index in [0.717, 1.165) is 4.90 Å². The van der Waals surface area contributed by atoms with Crippen LogP contribution < -0.4 is 4.74 Å². The number of hydrogen-bond donors (Lipinski definition) is 1. The van der Waals surface area contributed by atoms with E-state index in [9.17, 15) is 18.8 Å². The van der Waals surface area contributed by atoms with Crippen LogP contribution >= 0.6 is 0 Å². The Hall–Kier alpha value is -3.05. The van der Waals surface area contributed by atoms with Crippen molar-refractivity contribution in [3.05, 3.63) is 53.8 Å². The molecule has 1 saturated heterocycles. The van der Waals surface area contributed by atoms with E-state index in [1.54, 1.807) is 25.1 Å². The molecule has 8 heteroatoms. The number of carbonyl (C=O) groups is 1. The molecule has 0 bridgehead atoms. The molecule has 29 heavy (non-hydrogen) atoms. The molecule has 1 N–H and O–H groups in total. The van der Waals surface area contributed by atoms with Crippen molar-refractivity contribution in [1.82, 2.24) is 4.90 Å². The van der Waals surface area contributed by atoms with Crippen molar-refractivity contribution < 1.29 is 23.4 Å². The summed E-state index contributed by atoms with van der Waals surface area (Å²) in [6, 6.07) is 6.60. The summed E-state index contributed by atoms with van der Waals surface area (Å²) in [6.45, 7) is 5.69. The van der Waals surface area contributed by atoms with Crippen LogP contribution in [0.1, 0.15) is 31.4 Å². The normalized spacial score (nSPS) is 19.1. The number of nitrogens with zero attached hydrogens (tertiary/aromatic N) is 3. The SMILES string of the molecule is C=C(C)N=C(/C=C\C)c1ccc(OC2CCN(C(=O)CO)CC2(F)F)c(C#N)c1. The van der Waals surface area contributed by atoms with Crippen LogP contribution in [0.25, 0.3) is 0 Å². The van der Waals surface area contributed by atoms with Gasteiger partial charge in [0.1, 0.15) is 18.4 Å².